The Morgan fingerprint density at radius 1 is 1.25 bits per heavy atom. The molecule has 20 heavy (non-hydrogen) atoms. The number of benzene rings is 1. The number of aromatic nitrogens is 2. The minimum atomic E-state index is 0.756. The van der Waals surface area contributed by atoms with Gasteiger partial charge in [0, 0.05) is 31.1 Å². The van der Waals surface area contributed by atoms with Gasteiger partial charge in [-0.2, -0.15) is 0 Å². The fourth-order valence-electron chi connectivity index (χ4n) is 1.97. The van der Waals surface area contributed by atoms with Gasteiger partial charge in [0.1, 0.15) is 16.2 Å². The summed E-state index contributed by atoms with van der Waals surface area (Å²) in [4.78, 5) is 11.1. The Morgan fingerprint density at radius 3 is 2.75 bits per heavy atom. The van der Waals surface area contributed by atoms with E-state index in [1.54, 1.807) is 0 Å². The SMILES string of the molecule is CCCc1nc(Br)cc(N(C)Cc2cccc(Cl)c2)n1. The van der Waals surface area contributed by atoms with Crippen molar-refractivity contribution in [1.29, 1.82) is 0 Å². The third-order valence-electron chi connectivity index (χ3n) is 2.90. The highest BCUT2D eigenvalue weighted by Gasteiger charge is 2.08. The normalized spacial score (nSPS) is 10.6. The van der Waals surface area contributed by atoms with Crippen LogP contribution in [0.4, 0.5) is 5.82 Å². The van der Waals surface area contributed by atoms with Gasteiger partial charge in [-0.15, -0.1) is 0 Å². The maximum atomic E-state index is 6.01. The van der Waals surface area contributed by atoms with Crippen molar-refractivity contribution in [3.8, 4) is 0 Å². The molecule has 2 rings (SSSR count). The predicted octanol–water partition coefficient (Wildman–Crippen LogP) is 4.48. The van der Waals surface area contributed by atoms with E-state index < -0.39 is 0 Å². The first kappa shape index (κ1) is 15.3. The lowest BCUT2D eigenvalue weighted by Crippen LogP contribution is -2.18. The average Bonchev–Trinajstić information content (AvgIpc) is 2.38. The van der Waals surface area contributed by atoms with Crippen LogP contribution < -0.4 is 4.90 Å². The molecule has 0 N–H and O–H groups in total. The van der Waals surface area contributed by atoms with E-state index in [0.717, 1.165) is 46.2 Å². The van der Waals surface area contributed by atoms with Gasteiger partial charge in [0.15, 0.2) is 0 Å². The average molecular weight is 355 g/mol. The Hall–Kier alpha value is -1.13. The molecule has 0 aliphatic heterocycles. The molecule has 5 heteroatoms. The van der Waals surface area contributed by atoms with E-state index in [1.807, 2.05) is 31.3 Å². The maximum Gasteiger partial charge on any atom is 0.133 e. The van der Waals surface area contributed by atoms with Gasteiger partial charge >= 0.3 is 0 Å². The maximum absolute atomic E-state index is 6.01. The van der Waals surface area contributed by atoms with E-state index in [0.29, 0.717) is 0 Å². The summed E-state index contributed by atoms with van der Waals surface area (Å²) in [6.07, 6.45) is 1.92. The minimum Gasteiger partial charge on any atom is -0.355 e. The third kappa shape index (κ3) is 4.18. The topological polar surface area (TPSA) is 29.0 Å². The van der Waals surface area contributed by atoms with Crippen LogP contribution in [0.1, 0.15) is 24.7 Å². The Labute approximate surface area is 133 Å². The van der Waals surface area contributed by atoms with E-state index in [4.69, 9.17) is 11.6 Å². The van der Waals surface area contributed by atoms with Crippen molar-refractivity contribution < 1.29 is 0 Å². The van der Waals surface area contributed by atoms with Gasteiger partial charge in [0.05, 0.1) is 0 Å². The van der Waals surface area contributed by atoms with Crippen LogP contribution in [0.2, 0.25) is 5.02 Å². The van der Waals surface area contributed by atoms with Gasteiger partial charge in [-0.05, 0) is 40.0 Å². The quantitative estimate of drug-likeness (QED) is 0.741. The van der Waals surface area contributed by atoms with Gasteiger partial charge in [-0.25, -0.2) is 9.97 Å². The summed E-state index contributed by atoms with van der Waals surface area (Å²) in [5, 5.41) is 0.756. The first-order chi connectivity index (χ1) is 9.58. The molecule has 106 valence electrons. The Morgan fingerprint density at radius 2 is 2.05 bits per heavy atom. The number of rotatable bonds is 5. The lowest BCUT2D eigenvalue weighted by molar-refractivity contribution is 0.806. The molecule has 1 aromatic carbocycles. The predicted molar refractivity (Wildman–Crippen MR) is 87.3 cm³/mol. The van der Waals surface area contributed by atoms with Crippen LogP contribution in [0.5, 0.6) is 0 Å². The molecule has 0 radical (unpaired) electrons. The van der Waals surface area contributed by atoms with Crippen molar-refractivity contribution >= 4 is 33.3 Å². The lowest BCUT2D eigenvalue weighted by atomic mass is 10.2. The van der Waals surface area contributed by atoms with E-state index in [1.165, 1.54) is 0 Å². The molecule has 2 aromatic rings. The Balaban J connectivity index is 2.18. The van der Waals surface area contributed by atoms with E-state index in [9.17, 15) is 0 Å². The fraction of sp³-hybridized carbons (Fsp3) is 0.333. The van der Waals surface area contributed by atoms with Gasteiger partial charge in [-0.1, -0.05) is 30.7 Å². The van der Waals surface area contributed by atoms with Crippen LogP contribution in [0, 0.1) is 0 Å². The molecular formula is C15H17BrClN3. The molecule has 0 atom stereocenters. The molecule has 0 saturated heterocycles. The van der Waals surface area contributed by atoms with Gasteiger partial charge < -0.3 is 4.90 Å². The number of hydrogen-bond donors (Lipinski definition) is 0. The van der Waals surface area contributed by atoms with Crippen molar-refractivity contribution in [2.24, 2.45) is 0 Å². The highest BCUT2D eigenvalue weighted by molar-refractivity contribution is 9.10. The molecule has 0 bridgehead atoms. The number of aryl methyl sites for hydroxylation is 1. The standard InChI is InChI=1S/C15H17BrClN3/c1-3-5-14-18-13(16)9-15(19-14)20(2)10-11-6-4-7-12(17)8-11/h4,6-9H,3,5,10H2,1-2H3. The van der Waals surface area contributed by atoms with Crippen LogP contribution >= 0.6 is 27.5 Å². The monoisotopic (exact) mass is 353 g/mol. The molecule has 0 amide bonds. The number of nitrogens with zero attached hydrogens (tertiary/aromatic N) is 3. The smallest absolute Gasteiger partial charge is 0.133 e. The molecule has 0 spiro atoms. The largest absolute Gasteiger partial charge is 0.355 e. The first-order valence-corrected chi connectivity index (χ1v) is 7.74. The molecule has 1 aromatic heterocycles. The number of anilines is 1. The molecule has 0 aliphatic rings. The highest BCUT2D eigenvalue weighted by atomic mass is 79.9. The molecule has 0 unspecified atom stereocenters. The molecular weight excluding hydrogens is 338 g/mol. The summed E-state index contributed by atoms with van der Waals surface area (Å²) in [7, 11) is 2.02. The lowest BCUT2D eigenvalue weighted by Gasteiger charge is -2.19. The fourth-order valence-corrected chi connectivity index (χ4v) is 2.60. The van der Waals surface area contributed by atoms with Gasteiger partial charge in [-0.3, -0.25) is 0 Å². The second-order valence-electron chi connectivity index (χ2n) is 4.70. The summed E-state index contributed by atoms with van der Waals surface area (Å²) in [6.45, 7) is 2.88. The van der Waals surface area contributed by atoms with Crippen LogP contribution in [-0.2, 0) is 13.0 Å². The minimum absolute atomic E-state index is 0.756. The van der Waals surface area contributed by atoms with Crippen molar-refractivity contribution in [1.82, 2.24) is 9.97 Å². The van der Waals surface area contributed by atoms with Crippen molar-refractivity contribution in [3.63, 3.8) is 0 Å². The summed E-state index contributed by atoms with van der Waals surface area (Å²) in [5.41, 5.74) is 1.16. The summed E-state index contributed by atoms with van der Waals surface area (Å²) in [5.74, 6) is 1.78. The van der Waals surface area contributed by atoms with Gasteiger partial charge in [0.25, 0.3) is 0 Å². The zero-order chi connectivity index (χ0) is 14.5. The van der Waals surface area contributed by atoms with Crippen LogP contribution in [-0.4, -0.2) is 17.0 Å². The summed E-state index contributed by atoms with van der Waals surface area (Å²) in [6, 6.07) is 9.81. The second kappa shape index (κ2) is 7.04. The zero-order valence-corrected chi connectivity index (χ0v) is 13.9. The van der Waals surface area contributed by atoms with Crippen LogP contribution in [0.3, 0.4) is 0 Å². The van der Waals surface area contributed by atoms with Crippen molar-refractivity contribution in [2.75, 3.05) is 11.9 Å². The van der Waals surface area contributed by atoms with E-state index >= 15 is 0 Å². The molecule has 3 nitrogen and oxygen atoms in total. The highest BCUT2D eigenvalue weighted by Crippen LogP contribution is 2.19. The van der Waals surface area contributed by atoms with Gasteiger partial charge in [0.2, 0.25) is 0 Å². The molecule has 0 fully saturated rings. The molecule has 0 aliphatic carbocycles. The zero-order valence-electron chi connectivity index (χ0n) is 11.6. The number of halogens is 2. The van der Waals surface area contributed by atoms with E-state index in [-0.39, 0.29) is 0 Å². The molecule has 0 saturated carbocycles. The second-order valence-corrected chi connectivity index (χ2v) is 5.95. The summed E-state index contributed by atoms with van der Waals surface area (Å²) < 4.78 is 0.823. The summed E-state index contributed by atoms with van der Waals surface area (Å²) >= 11 is 9.46. The van der Waals surface area contributed by atoms with E-state index in [2.05, 4.69) is 43.8 Å². The Kier molecular flexibility index (Phi) is 5.38. The van der Waals surface area contributed by atoms with Crippen molar-refractivity contribution in [3.05, 3.63) is 51.3 Å². The number of hydrogen-bond acceptors (Lipinski definition) is 3. The molecule has 1 heterocycles. The van der Waals surface area contributed by atoms with Crippen LogP contribution in [0.15, 0.2) is 34.9 Å². The van der Waals surface area contributed by atoms with Crippen LogP contribution in [0.25, 0.3) is 0 Å². The first-order valence-electron chi connectivity index (χ1n) is 6.57. The third-order valence-corrected chi connectivity index (χ3v) is 3.54. The van der Waals surface area contributed by atoms with Crippen molar-refractivity contribution in [2.45, 2.75) is 26.3 Å². The Bertz CT molecular complexity index is 589.